The molecule has 0 spiro atoms. The van der Waals surface area contributed by atoms with Crippen LogP contribution >= 0.6 is 0 Å². The van der Waals surface area contributed by atoms with Crippen LogP contribution in [0.15, 0.2) is 18.2 Å². The first kappa shape index (κ1) is 27.3. The van der Waals surface area contributed by atoms with Crippen LogP contribution < -0.4 is 5.32 Å². The van der Waals surface area contributed by atoms with Gasteiger partial charge < -0.3 is 19.5 Å². The van der Waals surface area contributed by atoms with Crippen LogP contribution in [0.4, 0.5) is 5.69 Å². The van der Waals surface area contributed by atoms with E-state index in [0.717, 1.165) is 25.7 Å². The van der Waals surface area contributed by atoms with Crippen LogP contribution in [-0.2, 0) is 23.8 Å². The van der Waals surface area contributed by atoms with Crippen molar-refractivity contribution in [2.24, 2.45) is 11.3 Å². The number of carbonyl (C=O) groups excluding carboxylic acids is 4. The molecule has 0 unspecified atom stereocenters. The molecule has 1 aliphatic rings. The maximum Gasteiger partial charge on any atom is 0.339 e. The second-order valence-electron chi connectivity index (χ2n) is 9.58. The molecule has 1 aromatic rings. The third kappa shape index (κ3) is 8.15. The van der Waals surface area contributed by atoms with Gasteiger partial charge in [-0.15, -0.1) is 0 Å². The number of hydrogen-bond donors (Lipinski definition) is 1. The van der Waals surface area contributed by atoms with E-state index in [9.17, 15) is 19.2 Å². The van der Waals surface area contributed by atoms with Crippen LogP contribution in [0.25, 0.3) is 0 Å². The van der Waals surface area contributed by atoms with Crippen molar-refractivity contribution in [1.82, 2.24) is 0 Å². The van der Waals surface area contributed by atoms with Gasteiger partial charge in [-0.05, 0) is 69.1 Å². The van der Waals surface area contributed by atoms with Crippen LogP contribution in [0.2, 0.25) is 0 Å². The average molecular weight is 476 g/mol. The Morgan fingerprint density at radius 1 is 0.882 bits per heavy atom. The van der Waals surface area contributed by atoms with Crippen molar-refractivity contribution in [3.8, 4) is 0 Å². The zero-order valence-corrected chi connectivity index (χ0v) is 20.9. The summed E-state index contributed by atoms with van der Waals surface area (Å²) in [5, 5.41) is 2.65. The van der Waals surface area contributed by atoms with Crippen molar-refractivity contribution in [1.29, 1.82) is 0 Å². The normalized spacial score (nSPS) is 18.0. The lowest BCUT2D eigenvalue weighted by Gasteiger charge is -2.36. The summed E-state index contributed by atoms with van der Waals surface area (Å²) in [7, 11) is 0. The number of carbonyl (C=O) groups is 4. The van der Waals surface area contributed by atoms with Gasteiger partial charge in [0.15, 0.2) is 0 Å². The number of amides is 1. The van der Waals surface area contributed by atoms with Gasteiger partial charge in [-0.2, -0.15) is 0 Å². The Balaban J connectivity index is 1.89. The Labute approximate surface area is 201 Å². The molecule has 1 aromatic carbocycles. The number of esters is 3. The minimum atomic E-state index is -0.689. The van der Waals surface area contributed by atoms with Crippen molar-refractivity contribution in [3.63, 3.8) is 0 Å². The summed E-state index contributed by atoms with van der Waals surface area (Å²) < 4.78 is 15.6. The largest absolute Gasteiger partial charge is 0.462 e. The summed E-state index contributed by atoms with van der Waals surface area (Å²) in [4.78, 5) is 49.0. The third-order valence-electron chi connectivity index (χ3n) is 6.05. The van der Waals surface area contributed by atoms with Gasteiger partial charge in [0.25, 0.3) is 0 Å². The predicted octanol–water partition coefficient (Wildman–Crippen LogP) is 4.91. The lowest BCUT2D eigenvalue weighted by Crippen LogP contribution is -2.30. The molecular formula is C26H37NO7. The molecule has 0 bridgehead atoms. The molecule has 0 radical (unpaired) electrons. The molecule has 1 saturated carbocycles. The van der Waals surface area contributed by atoms with Gasteiger partial charge in [0, 0.05) is 12.1 Å². The predicted molar refractivity (Wildman–Crippen MR) is 128 cm³/mol. The standard InChI is InChI=1S/C26H37NO7/c1-6-32-24(30)20-13-10-18(16-21(20)25(31)33-7-2)27-22(28)14-15-23(29)34-19-11-8-17(9-12-19)26(3,4)5/h10,13,16-17,19H,6-9,11-12,14-15H2,1-5H3,(H,27,28). The van der Waals surface area contributed by atoms with Crippen LogP contribution in [0.5, 0.6) is 0 Å². The van der Waals surface area contributed by atoms with Gasteiger partial charge in [-0.3, -0.25) is 9.59 Å². The second-order valence-corrected chi connectivity index (χ2v) is 9.58. The van der Waals surface area contributed by atoms with Crippen LogP contribution in [0.1, 0.15) is 93.9 Å². The summed E-state index contributed by atoms with van der Waals surface area (Å²) in [5.74, 6) is -1.50. The van der Waals surface area contributed by atoms with E-state index in [1.807, 2.05) is 0 Å². The van der Waals surface area contributed by atoms with Crippen molar-refractivity contribution < 1.29 is 33.4 Å². The summed E-state index contributed by atoms with van der Waals surface area (Å²) in [6, 6.07) is 4.27. The Bertz CT molecular complexity index is 880. The number of anilines is 1. The monoisotopic (exact) mass is 475 g/mol. The van der Waals surface area contributed by atoms with Gasteiger partial charge in [-0.1, -0.05) is 20.8 Å². The number of rotatable bonds is 9. The molecule has 0 atom stereocenters. The van der Waals surface area contributed by atoms with Crippen molar-refractivity contribution >= 4 is 29.5 Å². The summed E-state index contributed by atoms with van der Waals surface area (Å²) in [5.41, 5.74) is 0.635. The molecule has 0 saturated heterocycles. The Morgan fingerprint density at radius 2 is 1.47 bits per heavy atom. The quantitative estimate of drug-likeness (QED) is 0.399. The SMILES string of the molecule is CCOC(=O)c1ccc(NC(=O)CCC(=O)OC2CCC(C(C)(C)C)CC2)cc1C(=O)OCC. The van der Waals surface area contributed by atoms with Crippen molar-refractivity contribution in [2.75, 3.05) is 18.5 Å². The van der Waals surface area contributed by atoms with E-state index in [2.05, 4.69) is 26.1 Å². The number of benzene rings is 1. The minimum absolute atomic E-state index is 0.00312. The molecule has 8 nitrogen and oxygen atoms in total. The lowest BCUT2D eigenvalue weighted by atomic mass is 9.72. The highest BCUT2D eigenvalue weighted by atomic mass is 16.5. The fourth-order valence-corrected chi connectivity index (χ4v) is 4.12. The summed E-state index contributed by atoms with van der Waals surface area (Å²) in [6.45, 7) is 10.3. The van der Waals surface area contributed by atoms with E-state index < -0.39 is 17.8 Å². The zero-order chi connectivity index (χ0) is 25.3. The van der Waals surface area contributed by atoms with Crippen LogP contribution in [-0.4, -0.2) is 43.1 Å². The lowest BCUT2D eigenvalue weighted by molar-refractivity contribution is -0.152. The van der Waals surface area contributed by atoms with Gasteiger partial charge >= 0.3 is 17.9 Å². The van der Waals surface area contributed by atoms with E-state index in [1.54, 1.807) is 13.8 Å². The summed E-state index contributed by atoms with van der Waals surface area (Å²) >= 11 is 0. The van der Waals surface area contributed by atoms with Crippen molar-refractivity contribution in [3.05, 3.63) is 29.3 Å². The van der Waals surface area contributed by atoms with Crippen LogP contribution in [0.3, 0.4) is 0 Å². The maximum absolute atomic E-state index is 12.4. The topological polar surface area (TPSA) is 108 Å². The smallest absolute Gasteiger partial charge is 0.339 e. The highest BCUT2D eigenvalue weighted by Gasteiger charge is 2.31. The molecule has 1 aliphatic carbocycles. The molecule has 8 heteroatoms. The second kappa shape index (κ2) is 12.5. The van der Waals surface area contributed by atoms with E-state index in [1.165, 1.54) is 18.2 Å². The average Bonchev–Trinajstić information content (AvgIpc) is 2.77. The summed E-state index contributed by atoms with van der Waals surface area (Å²) in [6.07, 6.45) is 3.60. The molecule has 2 rings (SSSR count). The molecule has 34 heavy (non-hydrogen) atoms. The fraction of sp³-hybridized carbons (Fsp3) is 0.615. The molecular weight excluding hydrogens is 438 g/mol. The number of ether oxygens (including phenoxy) is 3. The van der Waals surface area contributed by atoms with Gasteiger partial charge in [0.1, 0.15) is 6.10 Å². The molecule has 188 valence electrons. The molecule has 0 heterocycles. The first-order valence-electron chi connectivity index (χ1n) is 12.0. The maximum atomic E-state index is 12.4. The highest BCUT2D eigenvalue weighted by Crippen LogP contribution is 2.38. The molecule has 1 N–H and O–H groups in total. The minimum Gasteiger partial charge on any atom is -0.462 e. The first-order valence-corrected chi connectivity index (χ1v) is 12.0. The highest BCUT2D eigenvalue weighted by molar-refractivity contribution is 6.04. The molecule has 1 amide bonds. The first-order chi connectivity index (χ1) is 16.0. The van der Waals surface area contributed by atoms with Gasteiger partial charge in [0.2, 0.25) is 5.91 Å². The van der Waals surface area contributed by atoms with Crippen LogP contribution in [0, 0.1) is 11.3 Å². The van der Waals surface area contributed by atoms with E-state index in [-0.39, 0.29) is 54.7 Å². The van der Waals surface area contributed by atoms with E-state index >= 15 is 0 Å². The van der Waals surface area contributed by atoms with E-state index in [4.69, 9.17) is 14.2 Å². The van der Waals surface area contributed by atoms with Gasteiger partial charge in [-0.25, -0.2) is 9.59 Å². The fourth-order valence-electron chi connectivity index (χ4n) is 4.12. The molecule has 0 aromatic heterocycles. The van der Waals surface area contributed by atoms with Crippen molar-refractivity contribution in [2.45, 2.75) is 79.2 Å². The Morgan fingerprint density at radius 3 is 2.03 bits per heavy atom. The molecule has 1 fully saturated rings. The third-order valence-corrected chi connectivity index (χ3v) is 6.05. The van der Waals surface area contributed by atoms with Gasteiger partial charge in [0.05, 0.1) is 30.8 Å². The number of nitrogens with one attached hydrogen (secondary N) is 1. The number of hydrogen-bond acceptors (Lipinski definition) is 7. The molecule has 0 aliphatic heterocycles. The Kier molecular flexibility index (Phi) is 10.1. The zero-order valence-electron chi connectivity index (χ0n) is 20.9. The van der Waals surface area contributed by atoms with E-state index in [0.29, 0.717) is 11.6 Å². The Hall–Kier alpha value is -2.90.